The van der Waals surface area contributed by atoms with Crippen LogP contribution in [-0.4, -0.2) is 27.2 Å². The highest BCUT2D eigenvalue weighted by Crippen LogP contribution is 2.33. The summed E-state index contributed by atoms with van der Waals surface area (Å²) in [5.41, 5.74) is 0.802. The second kappa shape index (κ2) is 6.40. The summed E-state index contributed by atoms with van der Waals surface area (Å²) in [4.78, 5) is 0.352. The number of thiophene rings is 1. The van der Waals surface area contributed by atoms with Gasteiger partial charge in [0.2, 0.25) is 4.80 Å². The first-order valence-electron chi connectivity index (χ1n) is 6.63. The van der Waals surface area contributed by atoms with E-state index in [9.17, 15) is 8.42 Å². The zero-order valence-electron chi connectivity index (χ0n) is 12.9. The number of fused-ring (bicyclic) bond motifs is 1. The quantitative estimate of drug-likeness (QED) is 0.669. The van der Waals surface area contributed by atoms with Crippen molar-refractivity contribution in [1.82, 2.24) is 4.57 Å². The van der Waals surface area contributed by atoms with Gasteiger partial charge in [0, 0.05) is 19.2 Å². The molecule has 0 atom stereocenters. The Kier molecular flexibility index (Phi) is 4.60. The fourth-order valence-electron chi connectivity index (χ4n) is 2.13. The van der Waals surface area contributed by atoms with Crippen LogP contribution in [0.5, 0.6) is 11.5 Å². The summed E-state index contributed by atoms with van der Waals surface area (Å²) in [7, 11) is 1.04. The van der Waals surface area contributed by atoms with Crippen LogP contribution < -0.4 is 14.3 Å². The number of thiazole rings is 1. The van der Waals surface area contributed by atoms with Gasteiger partial charge in [0.05, 0.1) is 28.8 Å². The minimum atomic E-state index is -3.81. The summed E-state index contributed by atoms with van der Waals surface area (Å²) in [5, 5.41) is 0. The van der Waals surface area contributed by atoms with Crippen molar-refractivity contribution < 1.29 is 17.9 Å². The van der Waals surface area contributed by atoms with Gasteiger partial charge in [-0.3, -0.25) is 0 Å². The number of ether oxygens (including phenoxy) is 2. The van der Waals surface area contributed by atoms with Gasteiger partial charge in [-0.05, 0) is 12.1 Å². The molecule has 2 aromatic heterocycles. The summed E-state index contributed by atoms with van der Waals surface area (Å²) in [5.74, 6) is 1.14. The van der Waals surface area contributed by atoms with Gasteiger partial charge in [-0.2, -0.15) is 8.42 Å². The number of benzene rings is 1. The van der Waals surface area contributed by atoms with Gasteiger partial charge in [-0.1, -0.05) is 22.9 Å². The average molecular weight is 405 g/mol. The Morgan fingerprint density at radius 3 is 2.38 bits per heavy atom. The van der Waals surface area contributed by atoms with Crippen molar-refractivity contribution in [2.45, 2.75) is 4.21 Å². The lowest BCUT2D eigenvalue weighted by atomic mass is 10.3. The Balaban J connectivity index is 2.21. The molecule has 6 nitrogen and oxygen atoms in total. The second-order valence-electron chi connectivity index (χ2n) is 4.74. The van der Waals surface area contributed by atoms with Crippen LogP contribution in [0.3, 0.4) is 0 Å². The maximum atomic E-state index is 12.4. The van der Waals surface area contributed by atoms with E-state index in [0.717, 1.165) is 21.6 Å². The number of halogens is 1. The third kappa shape index (κ3) is 3.04. The van der Waals surface area contributed by atoms with Crippen LogP contribution in [0.4, 0.5) is 0 Å². The van der Waals surface area contributed by atoms with Gasteiger partial charge in [0.25, 0.3) is 10.0 Å². The summed E-state index contributed by atoms with van der Waals surface area (Å²) >= 11 is 8.05. The normalized spacial score (nSPS) is 12.8. The molecule has 2 heterocycles. The zero-order chi connectivity index (χ0) is 17.5. The first-order valence-corrected chi connectivity index (χ1v) is 10.1. The van der Waals surface area contributed by atoms with Crippen LogP contribution in [0.25, 0.3) is 10.2 Å². The van der Waals surface area contributed by atoms with E-state index < -0.39 is 10.0 Å². The van der Waals surface area contributed by atoms with Gasteiger partial charge in [0.15, 0.2) is 11.5 Å². The molecule has 10 heteroatoms. The fourth-order valence-corrected chi connectivity index (χ4v) is 5.84. The molecule has 0 bridgehead atoms. The standard InChI is InChI=1S/C14H13ClN2O4S3/c1-17-8-6-9(20-2)10(21-3)7-11(8)22-14(17)16-24(18,19)13-5-4-12(15)23-13/h4-7H,1-3H3/b16-14-. The Bertz CT molecular complexity index is 1080. The maximum Gasteiger partial charge on any atom is 0.294 e. The van der Waals surface area contributed by atoms with E-state index in [0.29, 0.717) is 20.6 Å². The monoisotopic (exact) mass is 404 g/mol. The van der Waals surface area contributed by atoms with Crippen molar-refractivity contribution in [3.8, 4) is 11.5 Å². The second-order valence-corrected chi connectivity index (χ2v) is 9.30. The van der Waals surface area contributed by atoms with Crippen LogP contribution >= 0.6 is 34.3 Å². The molecule has 0 unspecified atom stereocenters. The number of rotatable bonds is 4. The fraction of sp³-hybridized carbons (Fsp3) is 0.214. The number of nitrogens with zero attached hydrogens (tertiary/aromatic N) is 2. The Morgan fingerprint density at radius 1 is 1.12 bits per heavy atom. The summed E-state index contributed by atoms with van der Waals surface area (Å²) in [6.45, 7) is 0. The molecule has 128 valence electrons. The van der Waals surface area contributed by atoms with Crippen molar-refractivity contribution in [2.24, 2.45) is 11.4 Å². The van der Waals surface area contributed by atoms with Crippen LogP contribution in [-0.2, 0) is 17.1 Å². The Hall–Kier alpha value is -1.55. The summed E-state index contributed by atoms with van der Waals surface area (Å²) in [6, 6.07) is 6.57. The van der Waals surface area contributed by atoms with Gasteiger partial charge >= 0.3 is 0 Å². The van der Waals surface area contributed by atoms with Gasteiger partial charge in [-0.15, -0.1) is 15.7 Å². The van der Waals surface area contributed by atoms with E-state index in [2.05, 4.69) is 4.40 Å². The van der Waals surface area contributed by atoms with Gasteiger partial charge < -0.3 is 14.0 Å². The minimum absolute atomic E-state index is 0.111. The Labute approximate surface area is 151 Å². The molecule has 0 fully saturated rings. The predicted octanol–water partition coefficient (Wildman–Crippen LogP) is 3.26. The number of methoxy groups -OCH3 is 2. The lowest BCUT2D eigenvalue weighted by Crippen LogP contribution is -2.13. The zero-order valence-corrected chi connectivity index (χ0v) is 16.1. The predicted molar refractivity (Wildman–Crippen MR) is 96.0 cm³/mol. The number of sulfonamides is 1. The van der Waals surface area contributed by atoms with Crippen LogP contribution in [0.2, 0.25) is 4.34 Å². The van der Waals surface area contributed by atoms with E-state index in [1.54, 1.807) is 38.0 Å². The Morgan fingerprint density at radius 2 is 1.79 bits per heavy atom. The molecule has 3 rings (SSSR count). The van der Waals surface area contributed by atoms with E-state index in [1.165, 1.54) is 23.5 Å². The molecule has 3 aromatic rings. The molecule has 0 radical (unpaired) electrons. The minimum Gasteiger partial charge on any atom is -0.493 e. The first-order chi connectivity index (χ1) is 11.4. The number of hydrogen-bond donors (Lipinski definition) is 0. The molecular weight excluding hydrogens is 392 g/mol. The smallest absolute Gasteiger partial charge is 0.294 e. The molecule has 0 amide bonds. The number of aromatic nitrogens is 1. The highest BCUT2D eigenvalue weighted by atomic mass is 35.5. The van der Waals surface area contributed by atoms with Crippen LogP contribution in [0.1, 0.15) is 0 Å². The van der Waals surface area contributed by atoms with Gasteiger partial charge in [-0.25, -0.2) is 0 Å². The molecule has 0 aliphatic rings. The van der Waals surface area contributed by atoms with Crippen molar-refractivity contribution >= 4 is 54.5 Å². The molecule has 0 aliphatic carbocycles. The average Bonchev–Trinajstić information content (AvgIpc) is 3.11. The topological polar surface area (TPSA) is 69.9 Å². The molecule has 0 N–H and O–H groups in total. The van der Waals surface area contributed by atoms with Crippen molar-refractivity contribution in [2.75, 3.05) is 14.2 Å². The third-order valence-electron chi connectivity index (χ3n) is 3.32. The molecule has 0 saturated heterocycles. The van der Waals surface area contributed by atoms with E-state index in [4.69, 9.17) is 21.1 Å². The van der Waals surface area contributed by atoms with Gasteiger partial charge in [0.1, 0.15) is 4.21 Å². The first kappa shape index (κ1) is 17.3. The SMILES string of the molecule is COc1cc2s/c(=N\S(=O)(=O)c3ccc(Cl)s3)n(C)c2cc1OC. The van der Waals surface area contributed by atoms with Crippen LogP contribution in [0, 0.1) is 0 Å². The van der Waals surface area contributed by atoms with E-state index in [-0.39, 0.29) is 4.21 Å². The number of hydrogen-bond acceptors (Lipinski definition) is 6. The third-order valence-corrected chi connectivity index (χ3v) is 7.49. The lowest BCUT2D eigenvalue weighted by molar-refractivity contribution is 0.356. The molecule has 24 heavy (non-hydrogen) atoms. The molecular formula is C14H13ClN2O4S3. The molecule has 0 spiro atoms. The molecule has 1 aromatic carbocycles. The summed E-state index contributed by atoms with van der Waals surface area (Å²) < 4.78 is 42.4. The van der Waals surface area contributed by atoms with Crippen molar-refractivity contribution in [1.29, 1.82) is 0 Å². The summed E-state index contributed by atoms with van der Waals surface area (Å²) in [6.07, 6.45) is 0. The molecule has 0 saturated carbocycles. The number of aryl methyl sites for hydroxylation is 1. The largest absolute Gasteiger partial charge is 0.493 e. The molecule has 0 aliphatic heterocycles. The van der Waals surface area contributed by atoms with Crippen molar-refractivity contribution in [3.63, 3.8) is 0 Å². The maximum absolute atomic E-state index is 12.4. The highest BCUT2D eigenvalue weighted by Gasteiger charge is 2.17. The highest BCUT2D eigenvalue weighted by molar-refractivity contribution is 7.92. The van der Waals surface area contributed by atoms with E-state index >= 15 is 0 Å². The van der Waals surface area contributed by atoms with E-state index in [1.807, 2.05) is 0 Å². The van der Waals surface area contributed by atoms with Crippen LogP contribution in [0.15, 0.2) is 32.9 Å². The van der Waals surface area contributed by atoms with Crippen molar-refractivity contribution in [3.05, 3.63) is 33.4 Å². The lowest BCUT2D eigenvalue weighted by Gasteiger charge is -2.07.